The van der Waals surface area contributed by atoms with Crippen LogP contribution in [0.5, 0.6) is 5.75 Å². The Morgan fingerprint density at radius 1 is 1.20 bits per heavy atom. The van der Waals surface area contributed by atoms with E-state index in [1.165, 1.54) is 24.3 Å². The lowest BCUT2D eigenvalue weighted by molar-refractivity contribution is -0.122. The Hall–Kier alpha value is -1.88. The molecule has 0 aliphatic rings. The molecule has 0 saturated heterocycles. The van der Waals surface area contributed by atoms with E-state index >= 15 is 0 Å². The fourth-order valence-electron chi connectivity index (χ4n) is 1.56. The second-order valence-corrected chi connectivity index (χ2v) is 5.04. The van der Waals surface area contributed by atoms with Gasteiger partial charge in [-0.15, -0.1) is 0 Å². The van der Waals surface area contributed by atoms with Crippen LogP contribution in [0.4, 0.5) is 10.1 Å². The highest BCUT2D eigenvalue weighted by Crippen LogP contribution is 2.25. The maximum atomic E-state index is 12.8. The molecule has 0 heterocycles. The Morgan fingerprint density at radius 2 is 1.85 bits per heavy atom. The van der Waals surface area contributed by atoms with E-state index in [9.17, 15) is 9.18 Å². The van der Waals surface area contributed by atoms with E-state index in [0.29, 0.717) is 11.4 Å². The third-order valence-electron chi connectivity index (χ3n) is 2.62. The Labute approximate surface area is 124 Å². The predicted molar refractivity (Wildman–Crippen MR) is 79.3 cm³/mol. The Bertz CT molecular complexity index is 601. The molecule has 2 rings (SSSR count). The maximum absolute atomic E-state index is 12.8. The standard InChI is InChI=1S/C15H13BrFNO2/c1-10(20-14-5-3-2-4-13(14)16)15(19)18-12-8-6-11(17)7-9-12/h2-10H,1H3,(H,18,19). The van der Waals surface area contributed by atoms with E-state index in [1.54, 1.807) is 13.0 Å². The van der Waals surface area contributed by atoms with Crippen molar-refractivity contribution in [2.75, 3.05) is 5.32 Å². The first kappa shape index (κ1) is 14.5. The van der Waals surface area contributed by atoms with Crippen molar-refractivity contribution in [3.05, 3.63) is 58.8 Å². The molecule has 0 spiro atoms. The number of carbonyl (C=O) groups is 1. The van der Waals surface area contributed by atoms with Gasteiger partial charge >= 0.3 is 0 Å². The summed E-state index contributed by atoms with van der Waals surface area (Å²) >= 11 is 3.35. The van der Waals surface area contributed by atoms with Gasteiger partial charge in [0.25, 0.3) is 5.91 Å². The smallest absolute Gasteiger partial charge is 0.265 e. The molecule has 5 heteroatoms. The van der Waals surface area contributed by atoms with Crippen molar-refractivity contribution >= 4 is 27.5 Å². The highest BCUT2D eigenvalue weighted by Gasteiger charge is 2.15. The zero-order chi connectivity index (χ0) is 14.5. The molecular weight excluding hydrogens is 325 g/mol. The summed E-state index contributed by atoms with van der Waals surface area (Å²) in [4.78, 5) is 12.0. The Morgan fingerprint density at radius 3 is 2.50 bits per heavy atom. The molecule has 2 aromatic rings. The van der Waals surface area contributed by atoms with Crippen LogP contribution in [0.15, 0.2) is 53.0 Å². The zero-order valence-corrected chi connectivity index (χ0v) is 12.4. The quantitative estimate of drug-likeness (QED) is 0.915. The van der Waals surface area contributed by atoms with Crippen LogP contribution in [0, 0.1) is 5.82 Å². The van der Waals surface area contributed by atoms with E-state index in [-0.39, 0.29) is 11.7 Å². The molecule has 0 aliphatic heterocycles. The largest absolute Gasteiger partial charge is 0.480 e. The number of para-hydroxylation sites is 1. The number of halogens is 2. The van der Waals surface area contributed by atoms with Crippen molar-refractivity contribution in [2.24, 2.45) is 0 Å². The number of hydrogen-bond acceptors (Lipinski definition) is 2. The summed E-state index contributed by atoms with van der Waals surface area (Å²) in [5, 5.41) is 2.66. The Balaban J connectivity index is 1.99. The van der Waals surface area contributed by atoms with Crippen LogP contribution in [0.2, 0.25) is 0 Å². The minimum Gasteiger partial charge on any atom is -0.480 e. The lowest BCUT2D eigenvalue weighted by Crippen LogP contribution is -2.30. The molecule has 0 bridgehead atoms. The Kier molecular flexibility index (Phi) is 4.74. The van der Waals surface area contributed by atoms with Crippen molar-refractivity contribution in [1.29, 1.82) is 0 Å². The first-order valence-corrected chi connectivity index (χ1v) is 6.83. The summed E-state index contributed by atoms with van der Waals surface area (Å²) in [5.41, 5.74) is 0.527. The van der Waals surface area contributed by atoms with Gasteiger partial charge in [0.1, 0.15) is 11.6 Å². The van der Waals surface area contributed by atoms with Gasteiger partial charge in [-0.05, 0) is 59.3 Å². The fraction of sp³-hybridized carbons (Fsp3) is 0.133. The third kappa shape index (κ3) is 3.81. The van der Waals surface area contributed by atoms with Gasteiger partial charge in [0, 0.05) is 5.69 Å². The van der Waals surface area contributed by atoms with Crippen molar-refractivity contribution in [1.82, 2.24) is 0 Å². The first-order valence-electron chi connectivity index (χ1n) is 6.04. The molecule has 1 amide bonds. The van der Waals surface area contributed by atoms with Crippen molar-refractivity contribution < 1.29 is 13.9 Å². The second-order valence-electron chi connectivity index (χ2n) is 4.19. The highest BCUT2D eigenvalue weighted by molar-refractivity contribution is 9.10. The average Bonchev–Trinajstić information content (AvgIpc) is 2.44. The molecule has 104 valence electrons. The van der Waals surface area contributed by atoms with Gasteiger partial charge in [0.15, 0.2) is 6.10 Å². The van der Waals surface area contributed by atoms with Crippen molar-refractivity contribution in [2.45, 2.75) is 13.0 Å². The van der Waals surface area contributed by atoms with Gasteiger partial charge in [-0.2, -0.15) is 0 Å². The minimum absolute atomic E-state index is 0.299. The lowest BCUT2D eigenvalue weighted by Gasteiger charge is -2.15. The molecule has 1 atom stereocenters. The number of amides is 1. The van der Waals surface area contributed by atoms with Crippen LogP contribution < -0.4 is 10.1 Å². The number of rotatable bonds is 4. The van der Waals surface area contributed by atoms with Gasteiger partial charge in [0.2, 0.25) is 0 Å². The van der Waals surface area contributed by atoms with Crippen molar-refractivity contribution in [3.63, 3.8) is 0 Å². The number of carbonyl (C=O) groups excluding carboxylic acids is 1. The van der Waals surface area contributed by atoms with Gasteiger partial charge in [-0.3, -0.25) is 4.79 Å². The normalized spacial score (nSPS) is 11.8. The molecule has 1 unspecified atom stereocenters. The van der Waals surface area contributed by atoms with Crippen LogP contribution in [-0.4, -0.2) is 12.0 Å². The summed E-state index contributed by atoms with van der Waals surface area (Å²) in [6.45, 7) is 1.65. The maximum Gasteiger partial charge on any atom is 0.265 e. The van der Waals surface area contributed by atoms with Crippen LogP contribution >= 0.6 is 15.9 Å². The third-order valence-corrected chi connectivity index (χ3v) is 3.28. The number of nitrogens with one attached hydrogen (secondary N) is 1. The molecule has 0 fully saturated rings. The fourth-order valence-corrected chi connectivity index (χ4v) is 1.94. The number of hydrogen-bond donors (Lipinski definition) is 1. The molecule has 0 aliphatic carbocycles. The van der Waals surface area contributed by atoms with Gasteiger partial charge in [-0.25, -0.2) is 4.39 Å². The molecule has 2 aromatic carbocycles. The average molecular weight is 338 g/mol. The van der Waals surface area contributed by atoms with Crippen LogP contribution in [0.25, 0.3) is 0 Å². The highest BCUT2D eigenvalue weighted by atomic mass is 79.9. The van der Waals surface area contributed by atoms with Gasteiger partial charge in [0.05, 0.1) is 4.47 Å². The van der Waals surface area contributed by atoms with E-state index in [0.717, 1.165) is 4.47 Å². The molecule has 20 heavy (non-hydrogen) atoms. The van der Waals surface area contributed by atoms with E-state index in [4.69, 9.17) is 4.74 Å². The second kappa shape index (κ2) is 6.52. The topological polar surface area (TPSA) is 38.3 Å². The van der Waals surface area contributed by atoms with E-state index < -0.39 is 6.10 Å². The summed E-state index contributed by atoms with van der Waals surface area (Å²) in [5.74, 6) is -0.0536. The molecule has 0 radical (unpaired) electrons. The monoisotopic (exact) mass is 337 g/mol. The molecule has 1 N–H and O–H groups in total. The number of ether oxygens (including phenoxy) is 1. The molecular formula is C15H13BrFNO2. The number of anilines is 1. The van der Waals surface area contributed by atoms with Crippen LogP contribution in [-0.2, 0) is 4.79 Å². The summed E-state index contributed by atoms with van der Waals surface area (Å²) in [7, 11) is 0. The summed E-state index contributed by atoms with van der Waals surface area (Å²) < 4.78 is 19.1. The molecule has 3 nitrogen and oxygen atoms in total. The van der Waals surface area contributed by atoms with E-state index in [1.807, 2.05) is 18.2 Å². The van der Waals surface area contributed by atoms with Gasteiger partial charge < -0.3 is 10.1 Å². The van der Waals surface area contributed by atoms with Crippen molar-refractivity contribution in [3.8, 4) is 5.75 Å². The van der Waals surface area contributed by atoms with E-state index in [2.05, 4.69) is 21.2 Å². The summed E-state index contributed by atoms with van der Waals surface area (Å²) in [6.07, 6.45) is -0.668. The van der Waals surface area contributed by atoms with Crippen LogP contribution in [0.1, 0.15) is 6.92 Å². The molecule has 0 aromatic heterocycles. The predicted octanol–water partition coefficient (Wildman–Crippen LogP) is 3.99. The lowest BCUT2D eigenvalue weighted by atomic mass is 10.3. The molecule has 0 saturated carbocycles. The van der Waals surface area contributed by atoms with Gasteiger partial charge in [-0.1, -0.05) is 12.1 Å². The zero-order valence-electron chi connectivity index (χ0n) is 10.8. The number of benzene rings is 2. The first-order chi connectivity index (χ1) is 9.56. The SMILES string of the molecule is CC(Oc1ccccc1Br)C(=O)Nc1ccc(F)cc1. The summed E-state index contributed by atoms with van der Waals surface area (Å²) in [6, 6.07) is 12.9. The minimum atomic E-state index is -0.668. The van der Waals surface area contributed by atoms with Crippen LogP contribution in [0.3, 0.4) is 0 Å².